The van der Waals surface area contributed by atoms with E-state index in [1.54, 1.807) is 13.8 Å². The Hall–Kier alpha value is -1.00. The number of benzene rings is 1. The summed E-state index contributed by atoms with van der Waals surface area (Å²) in [5, 5.41) is 1.02. The highest BCUT2D eigenvalue weighted by Crippen LogP contribution is 2.48. The molecule has 20 heavy (non-hydrogen) atoms. The summed E-state index contributed by atoms with van der Waals surface area (Å²) >= 11 is 1.40. The van der Waals surface area contributed by atoms with Gasteiger partial charge in [0.25, 0.3) is 0 Å². The molecule has 0 amide bonds. The largest absolute Gasteiger partial charge is 0.338 e. The van der Waals surface area contributed by atoms with Crippen molar-refractivity contribution < 1.29 is 18.4 Å². The molecule has 2 aromatic rings. The molecular formula is C14H17O4PS. The number of fused-ring (bicyclic) bond motifs is 1. The van der Waals surface area contributed by atoms with Crippen LogP contribution in [0.2, 0.25) is 0 Å². The molecule has 1 aromatic heterocycles. The molecule has 0 N–H and O–H groups in total. The zero-order valence-corrected chi connectivity index (χ0v) is 13.2. The van der Waals surface area contributed by atoms with E-state index in [9.17, 15) is 9.36 Å². The lowest BCUT2D eigenvalue weighted by Crippen LogP contribution is -2.09. The third kappa shape index (κ3) is 3.55. The smallest absolute Gasteiger partial charge is 0.309 e. The number of rotatable bonds is 7. The molecule has 0 bridgehead atoms. The summed E-state index contributed by atoms with van der Waals surface area (Å²) in [7, 11) is -3.33. The Kier molecular flexibility index (Phi) is 5.11. The van der Waals surface area contributed by atoms with Crippen molar-refractivity contribution in [2.24, 2.45) is 0 Å². The highest BCUT2D eigenvalue weighted by molar-refractivity contribution is 7.55. The van der Waals surface area contributed by atoms with Crippen molar-refractivity contribution in [1.29, 1.82) is 0 Å². The summed E-state index contributed by atoms with van der Waals surface area (Å²) in [5.41, 5.74) is 0. The van der Waals surface area contributed by atoms with Crippen LogP contribution in [-0.4, -0.2) is 25.2 Å². The Morgan fingerprint density at radius 2 is 1.85 bits per heavy atom. The predicted molar refractivity (Wildman–Crippen MR) is 81.9 cm³/mol. The van der Waals surface area contributed by atoms with Gasteiger partial charge in [0, 0.05) is 4.70 Å². The Morgan fingerprint density at radius 1 is 1.20 bits per heavy atom. The number of ketones is 1. The minimum absolute atomic E-state index is 0.198. The fourth-order valence-corrected chi connectivity index (χ4v) is 4.57. The van der Waals surface area contributed by atoms with Crippen LogP contribution >= 0.6 is 18.9 Å². The van der Waals surface area contributed by atoms with E-state index >= 15 is 0 Å². The van der Waals surface area contributed by atoms with Crippen molar-refractivity contribution in [3.8, 4) is 0 Å². The molecule has 4 nitrogen and oxygen atoms in total. The molecule has 0 aliphatic carbocycles. The summed E-state index contributed by atoms with van der Waals surface area (Å²) in [6.45, 7) is 3.99. The third-order valence-corrected chi connectivity index (χ3v) is 5.82. The van der Waals surface area contributed by atoms with Crippen LogP contribution in [0.5, 0.6) is 0 Å². The average Bonchev–Trinajstić information content (AvgIpc) is 2.82. The highest BCUT2D eigenvalue weighted by Gasteiger charge is 2.28. The van der Waals surface area contributed by atoms with E-state index in [0.29, 0.717) is 4.88 Å². The molecule has 0 atom stereocenters. The lowest BCUT2D eigenvalue weighted by atomic mass is 10.2. The standard InChI is InChI=1S/C14H17O4PS/c1-3-17-19(16,18-4-2)10-12(15)14-9-11-7-5-6-8-13(11)20-14/h5-9H,3-4,10H2,1-2H3. The molecule has 0 fully saturated rings. The summed E-state index contributed by atoms with van der Waals surface area (Å²) < 4.78 is 23.7. The van der Waals surface area contributed by atoms with Crippen LogP contribution in [0.15, 0.2) is 30.3 Å². The Bertz CT molecular complexity index is 606. The summed E-state index contributed by atoms with van der Waals surface area (Å²) in [6.07, 6.45) is -0.207. The van der Waals surface area contributed by atoms with Crippen molar-refractivity contribution in [2.75, 3.05) is 19.4 Å². The van der Waals surface area contributed by atoms with Gasteiger partial charge in [-0.3, -0.25) is 9.36 Å². The number of Topliss-reactive ketones (excluding diaryl/α,β-unsaturated/α-hetero) is 1. The molecule has 2 rings (SSSR count). The molecule has 6 heteroatoms. The second kappa shape index (κ2) is 6.64. The maximum atomic E-state index is 12.4. The van der Waals surface area contributed by atoms with Gasteiger partial charge in [0.1, 0.15) is 6.16 Å². The molecule has 0 aliphatic heterocycles. The second-order valence-electron chi connectivity index (χ2n) is 4.18. The summed E-state index contributed by atoms with van der Waals surface area (Å²) in [4.78, 5) is 12.8. The van der Waals surface area contributed by atoms with Gasteiger partial charge in [0.2, 0.25) is 0 Å². The molecule has 108 valence electrons. The monoisotopic (exact) mass is 312 g/mol. The number of hydrogen-bond donors (Lipinski definition) is 0. The maximum absolute atomic E-state index is 12.4. The quantitative estimate of drug-likeness (QED) is 0.563. The molecule has 1 heterocycles. The molecule has 0 saturated carbocycles. The lowest BCUT2D eigenvalue weighted by molar-refractivity contribution is 0.101. The van der Waals surface area contributed by atoms with E-state index in [2.05, 4.69) is 0 Å². The first kappa shape index (κ1) is 15.4. The Labute approximate surface area is 122 Å². The van der Waals surface area contributed by atoms with Crippen LogP contribution in [0.4, 0.5) is 0 Å². The molecule has 0 unspecified atom stereocenters. The molecule has 0 radical (unpaired) electrons. The van der Waals surface area contributed by atoms with Gasteiger partial charge in [-0.2, -0.15) is 0 Å². The van der Waals surface area contributed by atoms with Gasteiger partial charge < -0.3 is 9.05 Å². The Morgan fingerprint density at radius 3 is 2.45 bits per heavy atom. The average molecular weight is 312 g/mol. The van der Waals surface area contributed by atoms with E-state index in [0.717, 1.165) is 10.1 Å². The lowest BCUT2D eigenvalue weighted by Gasteiger charge is -2.15. The van der Waals surface area contributed by atoms with Crippen molar-refractivity contribution in [3.05, 3.63) is 35.2 Å². The Balaban J connectivity index is 2.20. The van der Waals surface area contributed by atoms with E-state index < -0.39 is 7.60 Å². The van der Waals surface area contributed by atoms with E-state index in [-0.39, 0.29) is 25.2 Å². The third-order valence-electron chi connectivity index (χ3n) is 2.69. The second-order valence-corrected chi connectivity index (χ2v) is 7.31. The minimum atomic E-state index is -3.33. The van der Waals surface area contributed by atoms with Gasteiger partial charge >= 0.3 is 7.60 Å². The number of carbonyl (C=O) groups excluding carboxylic acids is 1. The topological polar surface area (TPSA) is 52.6 Å². The SMILES string of the molecule is CCOP(=O)(CC(=O)c1cc2ccccc2s1)OCC. The van der Waals surface area contributed by atoms with Crippen LogP contribution in [0.1, 0.15) is 23.5 Å². The molecule has 0 aliphatic rings. The van der Waals surface area contributed by atoms with Crippen LogP contribution in [0, 0.1) is 0 Å². The van der Waals surface area contributed by atoms with E-state index in [1.165, 1.54) is 11.3 Å². The summed E-state index contributed by atoms with van der Waals surface area (Å²) in [6, 6.07) is 9.59. The molecule has 0 spiro atoms. The zero-order valence-electron chi connectivity index (χ0n) is 11.5. The fourth-order valence-electron chi connectivity index (χ4n) is 1.90. The summed E-state index contributed by atoms with van der Waals surface area (Å²) in [5.74, 6) is -0.198. The fraction of sp³-hybridized carbons (Fsp3) is 0.357. The molecule has 1 aromatic carbocycles. The van der Waals surface area contributed by atoms with Crippen molar-refractivity contribution in [3.63, 3.8) is 0 Å². The van der Waals surface area contributed by atoms with Crippen LogP contribution in [0.25, 0.3) is 10.1 Å². The number of carbonyl (C=O) groups is 1. The first-order valence-corrected chi connectivity index (χ1v) is 9.02. The van der Waals surface area contributed by atoms with E-state index in [4.69, 9.17) is 9.05 Å². The first-order valence-electron chi connectivity index (χ1n) is 6.48. The normalized spacial score (nSPS) is 11.9. The van der Waals surface area contributed by atoms with Crippen LogP contribution in [0.3, 0.4) is 0 Å². The number of thiophene rings is 1. The van der Waals surface area contributed by atoms with Gasteiger partial charge in [-0.15, -0.1) is 11.3 Å². The van der Waals surface area contributed by atoms with Gasteiger partial charge in [-0.1, -0.05) is 18.2 Å². The minimum Gasteiger partial charge on any atom is -0.309 e. The predicted octanol–water partition coefficient (Wildman–Crippen LogP) is 4.35. The maximum Gasteiger partial charge on any atom is 0.338 e. The molecule has 0 saturated heterocycles. The highest BCUT2D eigenvalue weighted by atomic mass is 32.1. The van der Waals surface area contributed by atoms with Crippen molar-refractivity contribution in [1.82, 2.24) is 0 Å². The van der Waals surface area contributed by atoms with Gasteiger partial charge in [-0.05, 0) is 31.4 Å². The number of hydrogen-bond acceptors (Lipinski definition) is 5. The van der Waals surface area contributed by atoms with Crippen LogP contribution in [-0.2, 0) is 13.6 Å². The van der Waals surface area contributed by atoms with Crippen LogP contribution < -0.4 is 0 Å². The molecular weight excluding hydrogens is 295 g/mol. The first-order chi connectivity index (χ1) is 9.58. The van der Waals surface area contributed by atoms with Crippen molar-refractivity contribution in [2.45, 2.75) is 13.8 Å². The van der Waals surface area contributed by atoms with Gasteiger partial charge in [0.05, 0.1) is 18.1 Å². The van der Waals surface area contributed by atoms with Crippen molar-refractivity contribution >= 4 is 34.8 Å². The van der Waals surface area contributed by atoms with Gasteiger partial charge in [-0.25, -0.2) is 0 Å². The van der Waals surface area contributed by atoms with Gasteiger partial charge in [0.15, 0.2) is 5.78 Å². The zero-order chi connectivity index (χ0) is 14.6. The van der Waals surface area contributed by atoms with E-state index in [1.807, 2.05) is 30.3 Å².